The Bertz CT molecular complexity index is 201. The van der Waals surface area contributed by atoms with Crippen molar-refractivity contribution in [3.63, 3.8) is 0 Å². The molecule has 0 aromatic carbocycles. The number of hydrogen-bond acceptors (Lipinski definition) is 1. The highest BCUT2D eigenvalue weighted by molar-refractivity contribution is 6.20. The Kier molecular flexibility index (Phi) is 4.97. The van der Waals surface area contributed by atoms with Gasteiger partial charge in [-0.1, -0.05) is 13.3 Å². The molecule has 0 spiro atoms. The van der Waals surface area contributed by atoms with Gasteiger partial charge in [-0.05, 0) is 56.8 Å². The van der Waals surface area contributed by atoms with Crippen LogP contribution in [0.1, 0.15) is 58.3 Å². The van der Waals surface area contributed by atoms with E-state index in [1.807, 2.05) is 0 Å². The number of ether oxygens (including phenoxy) is 1. The van der Waals surface area contributed by atoms with Gasteiger partial charge in [0.2, 0.25) is 0 Å². The molecule has 1 aliphatic heterocycles. The van der Waals surface area contributed by atoms with Crippen LogP contribution in [0.3, 0.4) is 0 Å². The van der Waals surface area contributed by atoms with E-state index in [1.165, 1.54) is 51.4 Å². The number of hydrogen-bond donors (Lipinski definition) is 0. The molecule has 0 radical (unpaired) electrons. The average Bonchev–Trinajstić information content (AvgIpc) is 2.81. The van der Waals surface area contributed by atoms with Gasteiger partial charge in [0, 0.05) is 12.0 Å². The summed E-state index contributed by atoms with van der Waals surface area (Å²) in [5.41, 5.74) is 0. The highest BCUT2D eigenvalue weighted by atomic mass is 35.5. The fourth-order valence-electron chi connectivity index (χ4n) is 3.27. The van der Waals surface area contributed by atoms with Crippen LogP contribution in [-0.4, -0.2) is 18.1 Å². The predicted molar refractivity (Wildman–Crippen MR) is 69.0 cm³/mol. The minimum absolute atomic E-state index is 0.434. The molecular formula is C14H25ClO. The van der Waals surface area contributed by atoms with Gasteiger partial charge in [0.15, 0.2) is 0 Å². The highest BCUT2D eigenvalue weighted by Gasteiger charge is 2.29. The van der Waals surface area contributed by atoms with Crippen LogP contribution in [0.25, 0.3) is 0 Å². The lowest BCUT2D eigenvalue weighted by molar-refractivity contribution is 0.0939. The summed E-state index contributed by atoms with van der Waals surface area (Å²) in [6.07, 6.45) is 10.9. The molecule has 1 saturated heterocycles. The van der Waals surface area contributed by atoms with Gasteiger partial charge in [-0.25, -0.2) is 0 Å². The van der Waals surface area contributed by atoms with E-state index in [0.717, 1.165) is 18.4 Å². The van der Waals surface area contributed by atoms with Crippen LogP contribution in [0.4, 0.5) is 0 Å². The number of rotatable bonds is 4. The lowest BCUT2D eigenvalue weighted by Crippen LogP contribution is -2.26. The van der Waals surface area contributed by atoms with Gasteiger partial charge in [-0.15, -0.1) is 11.6 Å². The summed E-state index contributed by atoms with van der Waals surface area (Å²) < 4.78 is 5.69. The summed E-state index contributed by atoms with van der Waals surface area (Å²) in [7, 11) is 0. The van der Waals surface area contributed by atoms with E-state index < -0.39 is 0 Å². The van der Waals surface area contributed by atoms with Gasteiger partial charge < -0.3 is 4.74 Å². The molecule has 4 atom stereocenters. The van der Waals surface area contributed by atoms with E-state index >= 15 is 0 Å². The van der Waals surface area contributed by atoms with Gasteiger partial charge in [0.25, 0.3) is 0 Å². The SMILES string of the molecule is CCC1CCC(Cl)C(CCC2CCCO2)C1. The lowest BCUT2D eigenvalue weighted by Gasteiger charge is -2.33. The molecule has 0 N–H and O–H groups in total. The van der Waals surface area contributed by atoms with Gasteiger partial charge in [-0.2, -0.15) is 0 Å². The summed E-state index contributed by atoms with van der Waals surface area (Å²) in [5, 5.41) is 0.434. The Balaban J connectivity index is 1.73. The van der Waals surface area contributed by atoms with Crippen LogP contribution in [0, 0.1) is 11.8 Å². The first-order valence-corrected chi connectivity index (χ1v) is 7.49. The van der Waals surface area contributed by atoms with E-state index in [0.29, 0.717) is 11.5 Å². The Labute approximate surface area is 105 Å². The molecule has 2 fully saturated rings. The van der Waals surface area contributed by atoms with Crippen molar-refractivity contribution >= 4 is 11.6 Å². The topological polar surface area (TPSA) is 9.23 Å². The fourth-order valence-corrected chi connectivity index (χ4v) is 3.62. The van der Waals surface area contributed by atoms with Crippen LogP contribution >= 0.6 is 11.6 Å². The second-order valence-electron chi connectivity index (χ2n) is 5.58. The molecule has 0 aromatic rings. The molecular weight excluding hydrogens is 220 g/mol. The second-order valence-corrected chi connectivity index (χ2v) is 6.14. The van der Waals surface area contributed by atoms with Crippen LogP contribution in [0.5, 0.6) is 0 Å². The molecule has 0 bridgehead atoms. The van der Waals surface area contributed by atoms with Gasteiger partial charge in [-0.3, -0.25) is 0 Å². The molecule has 4 unspecified atom stereocenters. The summed E-state index contributed by atoms with van der Waals surface area (Å²) in [6.45, 7) is 3.30. The second kappa shape index (κ2) is 6.26. The molecule has 94 valence electrons. The molecule has 1 saturated carbocycles. The van der Waals surface area contributed by atoms with E-state index in [9.17, 15) is 0 Å². The van der Waals surface area contributed by atoms with Crippen LogP contribution in [-0.2, 0) is 4.74 Å². The highest BCUT2D eigenvalue weighted by Crippen LogP contribution is 2.37. The van der Waals surface area contributed by atoms with Crippen molar-refractivity contribution in [2.75, 3.05) is 6.61 Å². The molecule has 0 aromatic heterocycles. The van der Waals surface area contributed by atoms with Gasteiger partial charge in [0.1, 0.15) is 0 Å². The largest absolute Gasteiger partial charge is 0.378 e. The zero-order valence-corrected chi connectivity index (χ0v) is 11.2. The van der Waals surface area contributed by atoms with Crippen LogP contribution < -0.4 is 0 Å². The first-order chi connectivity index (χ1) is 7.79. The fraction of sp³-hybridized carbons (Fsp3) is 1.00. The molecule has 2 heteroatoms. The third-order valence-electron chi connectivity index (χ3n) is 4.46. The minimum Gasteiger partial charge on any atom is -0.378 e. The number of alkyl halides is 1. The van der Waals surface area contributed by atoms with E-state index in [1.54, 1.807) is 0 Å². The van der Waals surface area contributed by atoms with Crippen molar-refractivity contribution in [3.05, 3.63) is 0 Å². The Morgan fingerprint density at radius 3 is 2.75 bits per heavy atom. The molecule has 0 amide bonds. The molecule has 1 nitrogen and oxygen atoms in total. The van der Waals surface area contributed by atoms with E-state index in [2.05, 4.69) is 6.92 Å². The molecule has 2 aliphatic rings. The van der Waals surface area contributed by atoms with Gasteiger partial charge in [0.05, 0.1) is 6.10 Å². The first kappa shape index (κ1) is 12.7. The minimum atomic E-state index is 0.434. The van der Waals surface area contributed by atoms with Crippen molar-refractivity contribution < 1.29 is 4.74 Å². The zero-order valence-electron chi connectivity index (χ0n) is 10.5. The van der Waals surface area contributed by atoms with Crippen molar-refractivity contribution in [1.29, 1.82) is 0 Å². The first-order valence-electron chi connectivity index (χ1n) is 7.05. The normalized spacial score (nSPS) is 40.1. The Morgan fingerprint density at radius 1 is 1.19 bits per heavy atom. The third-order valence-corrected chi connectivity index (χ3v) is 5.03. The summed E-state index contributed by atoms with van der Waals surface area (Å²) >= 11 is 6.45. The van der Waals surface area contributed by atoms with E-state index in [-0.39, 0.29) is 0 Å². The monoisotopic (exact) mass is 244 g/mol. The maximum absolute atomic E-state index is 6.45. The maximum Gasteiger partial charge on any atom is 0.0576 e. The van der Waals surface area contributed by atoms with Crippen LogP contribution in [0.15, 0.2) is 0 Å². The van der Waals surface area contributed by atoms with Crippen molar-refractivity contribution in [2.24, 2.45) is 11.8 Å². The standard InChI is InChI=1S/C14H25ClO/c1-2-11-5-8-14(15)12(10-11)6-7-13-4-3-9-16-13/h11-14H,2-10H2,1H3. The van der Waals surface area contributed by atoms with Gasteiger partial charge >= 0.3 is 0 Å². The van der Waals surface area contributed by atoms with Crippen molar-refractivity contribution in [1.82, 2.24) is 0 Å². The molecule has 16 heavy (non-hydrogen) atoms. The Morgan fingerprint density at radius 2 is 2.06 bits per heavy atom. The quantitative estimate of drug-likeness (QED) is 0.667. The maximum atomic E-state index is 6.45. The van der Waals surface area contributed by atoms with Crippen molar-refractivity contribution in [3.8, 4) is 0 Å². The summed E-state index contributed by atoms with van der Waals surface area (Å²) in [5.74, 6) is 1.69. The van der Waals surface area contributed by atoms with Crippen LogP contribution in [0.2, 0.25) is 0 Å². The summed E-state index contributed by atoms with van der Waals surface area (Å²) in [6, 6.07) is 0. The average molecular weight is 245 g/mol. The smallest absolute Gasteiger partial charge is 0.0576 e. The molecule has 1 heterocycles. The Hall–Kier alpha value is 0.250. The number of halogens is 1. The molecule has 2 rings (SSSR count). The third kappa shape index (κ3) is 3.37. The lowest BCUT2D eigenvalue weighted by atomic mass is 9.77. The predicted octanol–water partition coefficient (Wildman–Crippen LogP) is 4.38. The molecule has 1 aliphatic carbocycles. The van der Waals surface area contributed by atoms with E-state index in [4.69, 9.17) is 16.3 Å². The zero-order chi connectivity index (χ0) is 11.4. The van der Waals surface area contributed by atoms with Crippen molar-refractivity contribution in [2.45, 2.75) is 69.8 Å². The summed E-state index contributed by atoms with van der Waals surface area (Å²) in [4.78, 5) is 0.